The van der Waals surface area contributed by atoms with Crippen LogP contribution in [0.3, 0.4) is 0 Å². The summed E-state index contributed by atoms with van der Waals surface area (Å²) in [5.41, 5.74) is 0. The lowest BCUT2D eigenvalue weighted by atomic mass is 10.3. The number of carbonyl (C=O) groups excluding carboxylic acids is 1. The van der Waals surface area contributed by atoms with Crippen LogP contribution in [-0.4, -0.2) is 88.6 Å². The minimum atomic E-state index is -4.88. The summed E-state index contributed by atoms with van der Waals surface area (Å²) in [6.45, 7) is -0.295. The lowest BCUT2D eigenvalue weighted by Crippen LogP contribution is -2.52. The second-order valence-corrected chi connectivity index (χ2v) is 10.4. The second-order valence-electron chi connectivity index (χ2n) is 6.32. The normalized spacial score (nSPS) is 16.8. The summed E-state index contributed by atoms with van der Waals surface area (Å²) in [7, 11) is -6.22. The Morgan fingerprint density at radius 2 is 1.59 bits per heavy atom. The highest BCUT2D eigenvalue weighted by atomic mass is 32.2. The van der Waals surface area contributed by atoms with Gasteiger partial charge in [-0.3, -0.25) is 4.79 Å². The fraction of sp³-hybridized carbons (Fsp3) is 0.533. The highest BCUT2D eigenvalue weighted by Crippen LogP contribution is 2.25. The quantitative estimate of drug-likeness (QED) is 0.607. The third-order valence-electron chi connectivity index (χ3n) is 4.21. The molecule has 164 valence electrons. The van der Waals surface area contributed by atoms with Crippen LogP contribution in [0.5, 0.6) is 5.75 Å². The first kappa shape index (κ1) is 23.4. The van der Waals surface area contributed by atoms with Crippen LogP contribution in [-0.2, 0) is 24.8 Å². The zero-order valence-electron chi connectivity index (χ0n) is 15.6. The van der Waals surface area contributed by atoms with Crippen molar-refractivity contribution in [1.82, 2.24) is 13.5 Å². The standard InChI is InChI=1S/C15H20F3N3O6S2/c1-19(28(2,23)24)11-14(22)20-7-9-21(10-8-20)29(25,26)13-5-3-12(4-6-13)27-15(16,17)18/h3-6H,7-11H2,1-2H3. The molecule has 14 heteroatoms. The minimum absolute atomic E-state index is 0.0303. The Morgan fingerprint density at radius 1 is 1.07 bits per heavy atom. The fourth-order valence-electron chi connectivity index (χ4n) is 2.55. The van der Waals surface area contributed by atoms with E-state index in [2.05, 4.69) is 4.74 Å². The monoisotopic (exact) mass is 459 g/mol. The molecular weight excluding hydrogens is 439 g/mol. The van der Waals surface area contributed by atoms with E-state index in [1.165, 1.54) is 11.9 Å². The van der Waals surface area contributed by atoms with Gasteiger partial charge in [0, 0.05) is 33.2 Å². The summed E-state index contributed by atoms with van der Waals surface area (Å²) < 4.78 is 90.4. The molecule has 1 heterocycles. The highest BCUT2D eigenvalue weighted by molar-refractivity contribution is 7.89. The Hall–Kier alpha value is -1.90. The van der Waals surface area contributed by atoms with E-state index in [1.807, 2.05) is 0 Å². The molecule has 1 aromatic rings. The number of rotatable bonds is 6. The first-order valence-corrected chi connectivity index (χ1v) is 11.5. The van der Waals surface area contributed by atoms with E-state index in [1.54, 1.807) is 0 Å². The van der Waals surface area contributed by atoms with Crippen molar-refractivity contribution in [3.8, 4) is 5.75 Å². The number of carbonyl (C=O) groups is 1. The number of piperazine rings is 1. The van der Waals surface area contributed by atoms with Gasteiger partial charge in [-0.2, -0.15) is 8.61 Å². The molecule has 1 aromatic carbocycles. The third kappa shape index (κ3) is 6.29. The van der Waals surface area contributed by atoms with E-state index < -0.39 is 38.1 Å². The van der Waals surface area contributed by atoms with Gasteiger partial charge < -0.3 is 9.64 Å². The Balaban J connectivity index is 2.00. The van der Waals surface area contributed by atoms with E-state index in [0.29, 0.717) is 0 Å². The molecular formula is C15H20F3N3O6S2. The van der Waals surface area contributed by atoms with Crippen molar-refractivity contribution in [1.29, 1.82) is 0 Å². The Kier molecular flexibility index (Phi) is 6.82. The minimum Gasteiger partial charge on any atom is -0.406 e. The number of halogens is 3. The van der Waals surface area contributed by atoms with Crippen LogP contribution in [0.25, 0.3) is 0 Å². The van der Waals surface area contributed by atoms with Crippen molar-refractivity contribution in [3.63, 3.8) is 0 Å². The molecule has 0 aromatic heterocycles. The van der Waals surface area contributed by atoms with Gasteiger partial charge in [-0.15, -0.1) is 13.2 Å². The zero-order chi connectivity index (χ0) is 22.0. The van der Waals surface area contributed by atoms with E-state index >= 15 is 0 Å². The number of hydrogen-bond donors (Lipinski definition) is 0. The van der Waals surface area contributed by atoms with Crippen LogP contribution in [0.15, 0.2) is 29.2 Å². The van der Waals surface area contributed by atoms with Crippen molar-refractivity contribution in [3.05, 3.63) is 24.3 Å². The van der Waals surface area contributed by atoms with Crippen LogP contribution in [0.4, 0.5) is 13.2 Å². The van der Waals surface area contributed by atoms with E-state index in [0.717, 1.165) is 39.1 Å². The molecule has 1 aliphatic heterocycles. The largest absolute Gasteiger partial charge is 0.573 e. The number of alkyl halides is 3. The number of likely N-dealkylation sites (N-methyl/N-ethyl adjacent to an activating group) is 1. The van der Waals surface area contributed by atoms with Gasteiger partial charge >= 0.3 is 6.36 Å². The molecule has 1 aliphatic rings. The summed E-state index contributed by atoms with van der Waals surface area (Å²) >= 11 is 0. The van der Waals surface area contributed by atoms with Gasteiger partial charge in [0.1, 0.15) is 5.75 Å². The molecule has 0 aliphatic carbocycles. The smallest absolute Gasteiger partial charge is 0.406 e. The molecule has 2 rings (SSSR count). The van der Waals surface area contributed by atoms with Crippen LogP contribution < -0.4 is 4.74 Å². The Morgan fingerprint density at radius 3 is 2.03 bits per heavy atom. The van der Waals surface area contributed by atoms with E-state index in [9.17, 15) is 34.8 Å². The summed E-state index contributed by atoms with van der Waals surface area (Å²) in [6, 6.07) is 3.83. The number of benzene rings is 1. The molecule has 1 fully saturated rings. The molecule has 9 nitrogen and oxygen atoms in total. The number of amides is 1. The molecule has 0 atom stereocenters. The maximum absolute atomic E-state index is 12.6. The van der Waals surface area contributed by atoms with E-state index in [-0.39, 0.29) is 37.6 Å². The average molecular weight is 459 g/mol. The van der Waals surface area contributed by atoms with Gasteiger partial charge in [-0.25, -0.2) is 16.8 Å². The number of hydrogen-bond acceptors (Lipinski definition) is 6. The molecule has 0 N–H and O–H groups in total. The predicted octanol–water partition coefficient (Wildman–Crippen LogP) is 0.310. The van der Waals surface area contributed by atoms with Crippen molar-refractivity contribution in [2.45, 2.75) is 11.3 Å². The van der Waals surface area contributed by atoms with Gasteiger partial charge in [-0.05, 0) is 24.3 Å². The van der Waals surface area contributed by atoms with Crippen LogP contribution in [0.2, 0.25) is 0 Å². The summed E-state index contributed by atoms with van der Waals surface area (Å²) in [4.78, 5) is 13.3. The van der Waals surface area contributed by atoms with Gasteiger partial charge in [0.25, 0.3) is 0 Å². The second kappa shape index (κ2) is 8.45. The van der Waals surface area contributed by atoms with Crippen LogP contribution in [0.1, 0.15) is 0 Å². The van der Waals surface area contributed by atoms with Crippen molar-refractivity contribution in [2.24, 2.45) is 0 Å². The molecule has 0 radical (unpaired) electrons. The predicted molar refractivity (Wildman–Crippen MR) is 95.9 cm³/mol. The Labute approximate surface area is 166 Å². The molecule has 0 bridgehead atoms. The topological polar surface area (TPSA) is 104 Å². The maximum atomic E-state index is 12.6. The lowest BCUT2D eigenvalue weighted by Gasteiger charge is -2.34. The van der Waals surface area contributed by atoms with E-state index in [4.69, 9.17) is 0 Å². The third-order valence-corrected chi connectivity index (χ3v) is 7.38. The summed E-state index contributed by atoms with van der Waals surface area (Å²) in [5, 5.41) is 0. The molecule has 1 saturated heterocycles. The van der Waals surface area contributed by atoms with Crippen LogP contribution in [0, 0.1) is 0 Å². The highest BCUT2D eigenvalue weighted by Gasteiger charge is 2.33. The molecule has 1 amide bonds. The Bertz CT molecular complexity index is 941. The number of nitrogens with zero attached hydrogens (tertiary/aromatic N) is 3. The van der Waals surface area contributed by atoms with Gasteiger partial charge in [0.05, 0.1) is 17.7 Å². The molecule has 0 spiro atoms. The molecule has 0 saturated carbocycles. The number of ether oxygens (including phenoxy) is 1. The van der Waals surface area contributed by atoms with Crippen molar-refractivity contribution < 1.29 is 39.5 Å². The summed E-state index contributed by atoms with van der Waals surface area (Å²) in [5.74, 6) is -0.995. The first-order chi connectivity index (χ1) is 13.2. The zero-order valence-corrected chi connectivity index (χ0v) is 17.2. The fourth-order valence-corrected chi connectivity index (χ4v) is 4.32. The van der Waals surface area contributed by atoms with Gasteiger partial charge in [-0.1, -0.05) is 0 Å². The molecule has 29 heavy (non-hydrogen) atoms. The first-order valence-electron chi connectivity index (χ1n) is 8.25. The summed E-state index contributed by atoms with van der Waals surface area (Å²) in [6.07, 6.45) is -3.91. The molecule has 0 unspecified atom stereocenters. The van der Waals surface area contributed by atoms with Crippen molar-refractivity contribution >= 4 is 26.0 Å². The van der Waals surface area contributed by atoms with Crippen molar-refractivity contribution in [2.75, 3.05) is 46.0 Å². The number of sulfonamides is 2. The van der Waals surface area contributed by atoms with Gasteiger partial charge in [0.15, 0.2) is 0 Å². The SMILES string of the molecule is CN(CC(=O)N1CCN(S(=O)(=O)c2ccc(OC(F)(F)F)cc2)CC1)S(C)(=O)=O. The van der Waals surface area contributed by atoms with Crippen LogP contribution >= 0.6 is 0 Å². The maximum Gasteiger partial charge on any atom is 0.573 e. The lowest BCUT2D eigenvalue weighted by molar-refractivity contribution is -0.274. The van der Waals surface area contributed by atoms with Gasteiger partial charge in [0.2, 0.25) is 26.0 Å². The average Bonchev–Trinajstić information content (AvgIpc) is 2.60.